The molecular weight excluding hydrogens is 385 g/mol. The average Bonchev–Trinajstić information content (AvgIpc) is 3.18. The molecule has 6 nitrogen and oxygen atoms in total. The zero-order chi connectivity index (χ0) is 21.3. The van der Waals surface area contributed by atoms with Gasteiger partial charge in [-0.1, -0.05) is 6.08 Å². The number of rotatable bonds is 6. The molecule has 0 spiro atoms. The summed E-state index contributed by atoms with van der Waals surface area (Å²) < 4.78 is 19.3. The van der Waals surface area contributed by atoms with Crippen LogP contribution in [0, 0.1) is 5.82 Å². The van der Waals surface area contributed by atoms with Crippen LogP contribution in [0.25, 0.3) is 27.7 Å². The van der Waals surface area contributed by atoms with E-state index in [9.17, 15) is 9.18 Å². The minimum Gasteiger partial charge on any atom is -0.496 e. The molecule has 3 N–H and O–H groups in total. The van der Waals surface area contributed by atoms with Gasteiger partial charge in [0.25, 0.3) is 0 Å². The summed E-state index contributed by atoms with van der Waals surface area (Å²) in [6.07, 6.45) is 6.29. The van der Waals surface area contributed by atoms with E-state index < -0.39 is 12.0 Å². The first-order valence-corrected chi connectivity index (χ1v) is 9.96. The first-order valence-electron chi connectivity index (χ1n) is 9.96. The molecule has 2 unspecified atom stereocenters. The van der Waals surface area contributed by atoms with E-state index in [1.54, 1.807) is 26.3 Å². The smallest absolute Gasteiger partial charge is 0.320 e. The van der Waals surface area contributed by atoms with E-state index in [4.69, 9.17) is 9.84 Å². The molecule has 4 rings (SSSR count). The Hall–Kier alpha value is -3.19. The number of ether oxygens (including phenoxy) is 1. The Bertz CT molecular complexity index is 1120. The molecule has 0 amide bonds. The van der Waals surface area contributed by atoms with E-state index in [1.165, 1.54) is 17.7 Å². The summed E-state index contributed by atoms with van der Waals surface area (Å²) in [7, 11) is 1.57. The van der Waals surface area contributed by atoms with Crippen LogP contribution in [0.2, 0.25) is 0 Å². The molecular formula is C23H24FN3O3. The van der Waals surface area contributed by atoms with Gasteiger partial charge in [-0.2, -0.15) is 0 Å². The van der Waals surface area contributed by atoms with Crippen LogP contribution in [0.4, 0.5) is 4.39 Å². The van der Waals surface area contributed by atoms with E-state index in [1.807, 2.05) is 12.1 Å². The van der Waals surface area contributed by atoms with Gasteiger partial charge in [0.05, 0.1) is 7.11 Å². The number of fused-ring (bicyclic) bond motifs is 1. The Morgan fingerprint density at radius 3 is 2.87 bits per heavy atom. The summed E-state index contributed by atoms with van der Waals surface area (Å²) >= 11 is 0. The Kier molecular flexibility index (Phi) is 5.55. The van der Waals surface area contributed by atoms with Gasteiger partial charge in [-0.15, -0.1) is 0 Å². The van der Waals surface area contributed by atoms with E-state index in [0.717, 1.165) is 41.6 Å². The molecule has 2 aromatic heterocycles. The molecule has 2 atom stereocenters. The Labute approximate surface area is 173 Å². The number of hydrogen-bond donors (Lipinski definition) is 3. The van der Waals surface area contributed by atoms with Crippen LogP contribution in [-0.2, 0) is 4.79 Å². The lowest BCUT2D eigenvalue weighted by molar-refractivity contribution is -0.139. The summed E-state index contributed by atoms with van der Waals surface area (Å²) in [5.74, 6) is -0.563. The predicted octanol–water partition coefficient (Wildman–Crippen LogP) is 4.38. The molecule has 0 fully saturated rings. The molecule has 0 bridgehead atoms. The number of carboxylic acid groups (broad SMARTS) is 1. The zero-order valence-electron chi connectivity index (χ0n) is 16.9. The summed E-state index contributed by atoms with van der Waals surface area (Å²) in [6.45, 7) is 1.66. The van der Waals surface area contributed by atoms with E-state index in [2.05, 4.69) is 21.4 Å². The van der Waals surface area contributed by atoms with Gasteiger partial charge in [-0.25, -0.2) is 9.37 Å². The third-order valence-electron chi connectivity index (χ3n) is 5.60. The van der Waals surface area contributed by atoms with Crippen molar-refractivity contribution in [3.05, 3.63) is 54.1 Å². The minimum atomic E-state index is -0.841. The van der Waals surface area contributed by atoms with Crippen LogP contribution < -0.4 is 10.1 Å². The predicted molar refractivity (Wildman–Crippen MR) is 114 cm³/mol. The molecule has 156 valence electrons. The van der Waals surface area contributed by atoms with Crippen molar-refractivity contribution in [1.29, 1.82) is 0 Å². The number of allylic oxidation sites excluding steroid dienone is 1. The molecule has 30 heavy (non-hydrogen) atoms. The highest BCUT2D eigenvalue weighted by Gasteiger charge is 2.21. The van der Waals surface area contributed by atoms with Crippen molar-refractivity contribution in [3.63, 3.8) is 0 Å². The Balaban J connectivity index is 1.64. The van der Waals surface area contributed by atoms with Crippen LogP contribution in [0.1, 0.15) is 31.9 Å². The van der Waals surface area contributed by atoms with Crippen LogP contribution in [0.3, 0.4) is 0 Å². The van der Waals surface area contributed by atoms with Gasteiger partial charge in [-0.05, 0) is 67.7 Å². The number of halogens is 1. The van der Waals surface area contributed by atoms with Crippen molar-refractivity contribution in [3.8, 4) is 16.9 Å². The third kappa shape index (κ3) is 3.93. The van der Waals surface area contributed by atoms with E-state index in [0.29, 0.717) is 11.3 Å². The molecule has 0 aliphatic heterocycles. The fraction of sp³-hybridized carbons (Fsp3) is 0.304. The van der Waals surface area contributed by atoms with Gasteiger partial charge in [0.15, 0.2) is 0 Å². The van der Waals surface area contributed by atoms with Crippen molar-refractivity contribution in [2.75, 3.05) is 7.11 Å². The van der Waals surface area contributed by atoms with Crippen LogP contribution in [-0.4, -0.2) is 40.2 Å². The standard InChI is InChI=1S/C23H24FN3O3/c1-13(23(28)29)26-16-6-3-14(4-7-16)20-12-19-17(9-10-25-22(19)27-20)18-11-15(24)5-8-21(18)30-2/h3,5,8-13,16,26H,4,6-7H2,1-2H3,(H,25,27)(H,28,29). The monoisotopic (exact) mass is 409 g/mol. The Morgan fingerprint density at radius 2 is 2.17 bits per heavy atom. The topological polar surface area (TPSA) is 87.2 Å². The van der Waals surface area contributed by atoms with Gasteiger partial charge in [0.1, 0.15) is 23.3 Å². The largest absolute Gasteiger partial charge is 0.496 e. The number of nitrogens with zero attached hydrogens (tertiary/aromatic N) is 1. The Morgan fingerprint density at radius 1 is 1.33 bits per heavy atom. The SMILES string of the molecule is COc1ccc(F)cc1-c1ccnc2[nH]c(C3=CCC(NC(C)C(=O)O)CC3)cc12. The van der Waals surface area contributed by atoms with Crippen LogP contribution in [0.5, 0.6) is 5.75 Å². The molecule has 0 radical (unpaired) electrons. The normalized spacial score (nSPS) is 17.6. The molecule has 7 heteroatoms. The van der Waals surface area contributed by atoms with Crippen LogP contribution in [0.15, 0.2) is 42.6 Å². The number of carboxylic acids is 1. The van der Waals surface area contributed by atoms with E-state index in [-0.39, 0.29) is 11.9 Å². The molecule has 0 saturated heterocycles. The molecule has 1 aromatic carbocycles. The number of aliphatic carboxylic acids is 1. The molecule has 3 aromatic rings. The van der Waals surface area contributed by atoms with Gasteiger partial charge in [-0.3, -0.25) is 4.79 Å². The van der Waals surface area contributed by atoms with Gasteiger partial charge >= 0.3 is 5.97 Å². The van der Waals surface area contributed by atoms with Crippen molar-refractivity contribution in [2.45, 2.75) is 38.3 Å². The maximum absolute atomic E-state index is 13.9. The lowest BCUT2D eigenvalue weighted by Crippen LogP contribution is -2.41. The molecule has 1 aliphatic carbocycles. The minimum absolute atomic E-state index is 0.148. The molecule has 0 saturated carbocycles. The van der Waals surface area contributed by atoms with Crippen molar-refractivity contribution in [2.24, 2.45) is 0 Å². The van der Waals surface area contributed by atoms with Crippen molar-refractivity contribution >= 4 is 22.6 Å². The summed E-state index contributed by atoms with van der Waals surface area (Å²) in [6, 6.07) is 7.97. The highest BCUT2D eigenvalue weighted by atomic mass is 19.1. The third-order valence-corrected chi connectivity index (χ3v) is 5.60. The quantitative estimate of drug-likeness (QED) is 0.563. The first kappa shape index (κ1) is 20.1. The van der Waals surface area contributed by atoms with Crippen LogP contribution >= 0.6 is 0 Å². The maximum atomic E-state index is 13.9. The second kappa shape index (κ2) is 8.28. The number of pyridine rings is 1. The second-order valence-electron chi connectivity index (χ2n) is 7.58. The lowest BCUT2D eigenvalue weighted by atomic mass is 9.92. The first-order chi connectivity index (χ1) is 14.5. The number of nitrogens with one attached hydrogen (secondary N) is 2. The second-order valence-corrected chi connectivity index (χ2v) is 7.58. The number of aromatic nitrogens is 2. The average molecular weight is 409 g/mol. The maximum Gasteiger partial charge on any atom is 0.320 e. The number of carbonyl (C=O) groups is 1. The van der Waals surface area contributed by atoms with Crippen molar-refractivity contribution < 1.29 is 19.0 Å². The number of hydrogen-bond acceptors (Lipinski definition) is 4. The zero-order valence-corrected chi connectivity index (χ0v) is 16.9. The van der Waals surface area contributed by atoms with E-state index >= 15 is 0 Å². The number of methoxy groups -OCH3 is 1. The lowest BCUT2D eigenvalue weighted by Gasteiger charge is -2.24. The highest BCUT2D eigenvalue weighted by Crippen LogP contribution is 2.37. The fourth-order valence-electron chi connectivity index (χ4n) is 3.98. The summed E-state index contributed by atoms with van der Waals surface area (Å²) in [4.78, 5) is 18.9. The number of aromatic amines is 1. The van der Waals surface area contributed by atoms with Gasteiger partial charge in [0, 0.05) is 28.9 Å². The summed E-state index contributed by atoms with van der Waals surface area (Å²) in [5, 5.41) is 13.1. The van der Waals surface area contributed by atoms with Gasteiger partial charge < -0.3 is 20.1 Å². The highest BCUT2D eigenvalue weighted by molar-refractivity contribution is 5.96. The number of H-pyrrole nitrogens is 1. The van der Waals surface area contributed by atoms with Gasteiger partial charge in [0.2, 0.25) is 0 Å². The van der Waals surface area contributed by atoms with Crippen molar-refractivity contribution in [1.82, 2.24) is 15.3 Å². The summed E-state index contributed by atoms with van der Waals surface area (Å²) in [5.41, 5.74) is 4.41. The number of benzene rings is 1. The molecule has 1 aliphatic rings. The molecule has 2 heterocycles. The fourth-order valence-corrected chi connectivity index (χ4v) is 3.98.